The molecular formula is C12H15ClN2O. The molecule has 86 valence electrons. The van der Waals surface area contributed by atoms with Crippen LogP contribution in [0.3, 0.4) is 0 Å². The minimum atomic E-state index is 0.139. The van der Waals surface area contributed by atoms with Crippen LogP contribution in [0.5, 0.6) is 0 Å². The van der Waals surface area contributed by atoms with E-state index in [0.717, 1.165) is 11.4 Å². The van der Waals surface area contributed by atoms with Crippen LogP contribution < -0.4 is 9.80 Å². The van der Waals surface area contributed by atoms with Crippen LogP contribution in [-0.2, 0) is 4.79 Å². The van der Waals surface area contributed by atoms with E-state index in [1.807, 2.05) is 32.2 Å². The fourth-order valence-electron chi connectivity index (χ4n) is 1.96. The normalized spacial score (nSPS) is 20.8. The molecule has 3 nitrogen and oxygen atoms in total. The number of halogens is 1. The second-order valence-corrected chi connectivity index (χ2v) is 4.69. The minimum Gasteiger partial charge on any atom is -0.370 e. The highest BCUT2D eigenvalue weighted by Crippen LogP contribution is 2.35. The highest BCUT2D eigenvalue weighted by Gasteiger charge is 2.26. The smallest absolute Gasteiger partial charge is 0.228 e. The first-order chi connectivity index (χ1) is 7.50. The quantitative estimate of drug-likeness (QED) is 0.694. The topological polar surface area (TPSA) is 23.6 Å². The largest absolute Gasteiger partial charge is 0.370 e. The molecule has 0 spiro atoms. The van der Waals surface area contributed by atoms with Crippen LogP contribution in [0.2, 0.25) is 5.02 Å². The molecule has 0 aliphatic carbocycles. The van der Waals surface area contributed by atoms with Crippen LogP contribution in [0, 0.1) is 0 Å². The van der Waals surface area contributed by atoms with E-state index in [4.69, 9.17) is 11.6 Å². The fraction of sp³-hybridized carbons (Fsp3) is 0.417. The van der Waals surface area contributed by atoms with Gasteiger partial charge in [-0.2, -0.15) is 0 Å². The van der Waals surface area contributed by atoms with Crippen molar-refractivity contribution >= 4 is 28.9 Å². The predicted octanol–water partition coefficient (Wildman–Crippen LogP) is 2.53. The Bertz CT molecular complexity index is 433. The average molecular weight is 239 g/mol. The van der Waals surface area contributed by atoms with Crippen molar-refractivity contribution in [3.63, 3.8) is 0 Å². The molecule has 1 aliphatic heterocycles. The van der Waals surface area contributed by atoms with Crippen LogP contribution in [0.15, 0.2) is 18.2 Å². The van der Waals surface area contributed by atoms with Gasteiger partial charge in [-0.1, -0.05) is 11.6 Å². The lowest BCUT2D eigenvalue weighted by Crippen LogP contribution is -2.31. The zero-order valence-electron chi connectivity index (χ0n) is 9.70. The predicted molar refractivity (Wildman–Crippen MR) is 67.3 cm³/mol. The van der Waals surface area contributed by atoms with Crippen molar-refractivity contribution in [3.05, 3.63) is 23.2 Å². The summed E-state index contributed by atoms with van der Waals surface area (Å²) >= 11 is 6.00. The number of carbonyl (C=O) groups excluding carboxylic acids is 1. The van der Waals surface area contributed by atoms with E-state index in [0.29, 0.717) is 11.4 Å². The van der Waals surface area contributed by atoms with Crippen molar-refractivity contribution < 1.29 is 4.79 Å². The van der Waals surface area contributed by atoms with Gasteiger partial charge in [-0.25, -0.2) is 0 Å². The monoisotopic (exact) mass is 238 g/mol. The Kier molecular flexibility index (Phi) is 2.80. The number of benzene rings is 1. The molecule has 1 aromatic rings. The molecule has 4 heteroatoms. The van der Waals surface area contributed by atoms with Crippen LogP contribution in [0.1, 0.15) is 13.3 Å². The molecule has 1 atom stereocenters. The molecule has 0 radical (unpaired) electrons. The van der Waals surface area contributed by atoms with Crippen LogP contribution in [0.4, 0.5) is 11.4 Å². The lowest BCUT2D eigenvalue weighted by Gasteiger charge is -2.25. The zero-order chi connectivity index (χ0) is 11.9. The lowest BCUT2D eigenvalue weighted by molar-refractivity contribution is -0.118. The number of hydrogen-bond acceptors (Lipinski definition) is 2. The molecule has 0 bridgehead atoms. The SMILES string of the molecule is C[C@H]1CC(=O)N(C)c2ccc(Cl)cc2N1C. The van der Waals surface area contributed by atoms with Crippen molar-refractivity contribution in [2.75, 3.05) is 23.9 Å². The fourth-order valence-corrected chi connectivity index (χ4v) is 2.13. The average Bonchev–Trinajstić information content (AvgIpc) is 2.32. The maximum Gasteiger partial charge on any atom is 0.228 e. The Morgan fingerprint density at radius 1 is 1.31 bits per heavy atom. The highest BCUT2D eigenvalue weighted by molar-refractivity contribution is 6.31. The second-order valence-electron chi connectivity index (χ2n) is 4.25. The number of carbonyl (C=O) groups is 1. The van der Waals surface area contributed by atoms with E-state index in [1.54, 1.807) is 11.9 Å². The number of hydrogen-bond donors (Lipinski definition) is 0. The Morgan fingerprint density at radius 2 is 2.00 bits per heavy atom. The second kappa shape index (κ2) is 3.98. The van der Waals surface area contributed by atoms with Gasteiger partial charge in [0, 0.05) is 31.6 Å². The first-order valence-electron chi connectivity index (χ1n) is 5.29. The lowest BCUT2D eigenvalue weighted by atomic mass is 10.2. The maximum absolute atomic E-state index is 11.9. The molecule has 1 heterocycles. The van der Waals surface area contributed by atoms with Crippen molar-refractivity contribution in [3.8, 4) is 0 Å². The summed E-state index contributed by atoms with van der Waals surface area (Å²) in [5.41, 5.74) is 1.93. The van der Waals surface area contributed by atoms with Gasteiger partial charge in [0.2, 0.25) is 5.91 Å². The molecule has 1 aromatic carbocycles. The third-order valence-corrected chi connectivity index (χ3v) is 3.42. The van der Waals surface area contributed by atoms with Gasteiger partial charge in [-0.15, -0.1) is 0 Å². The Hall–Kier alpha value is -1.22. The summed E-state index contributed by atoms with van der Waals surface area (Å²) in [6.45, 7) is 2.04. The van der Waals surface area contributed by atoms with Gasteiger partial charge in [0.05, 0.1) is 11.4 Å². The summed E-state index contributed by atoms with van der Waals surface area (Å²) in [5.74, 6) is 0.139. The molecular weight excluding hydrogens is 224 g/mol. The molecule has 0 saturated carbocycles. The van der Waals surface area contributed by atoms with Gasteiger partial charge in [0.1, 0.15) is 0 Å². The minimum absolute atomic E-state index is 0.139. The molecule has 0 unspecified atom stereocenters. The summed E-state index contributed by atoms with van der Waals surface area (Å²) < 4.78 is 0. The van der Waals surface area contributed by atoms with E-state index in [9.17, 15) is 4.79 Å². The van der Waals surface area contributed by atoms with E-state index in [-0.39, 0.29) is 11.9 Å². The van der Waals surface area contributed by atoms with Crippen LogP contribution in [0.25, 0.3) is 0 Å². The highest BCUT2D eigenvalue weighted by atomic mass is 35.5. The number of amides is 1. The summed E-state index contributed by atoms with van der Waals surface area (Å²) in [5, 5.41) is 0.695. The summed E-state index contributed by atoms with van der Waals surface area (Å²) in [4.78, 5) is 15.7. The molecule has 1 aliphatic rings. The molecule has 2 rings (SSSR count). The van der Waals surface area contributed by atoms with Crippen molar-refractivity contribution in [2.45, 2.75) is 19.4 Å². The summed E-state index contributed by atoms with van der Waals surface area (Å²) in [6.07, 6.45) is 0.527. The molecule has 0 aromatic heterocycles. The van der Waals surface area contributed by atoms with Gasteiger partial charge in [0.25, 0.3) is 0 Å². The zero-order valence-corrected chi connectivity index (χ0v) is 10.5. The first kappa shape index (κ1) is 11.3. The molecule has 0 N–H and O–H groups in total. The number of fused-ring (bicyclic) bond motifs is 1. The number of nitrogens with zero attached hydrogens (tertiary/aromatic N) is 2. The van der Waals surface area contributed by atoms with Crippen molar-refractivity contribution in [1.82, 2.24) is 0 Å². The molecule has 0 saturated heterocycles. The summed E-state index contributed by atoms with van der Waals surface area (Å²) in [6, 6.07) is 5.80. The molecule has 0 fully saturated rings. The summed E-state index contributed by atoms with van der Waals surface area (Å²) in [7, 11) is 3.80. The van der Waals surface area contributed by atoms with E-state index >= 15 is 0 Å². The molecule has 16 heavy (non-hydrogen) atoms. The van der Waals surface area contributed by atoms with Gasteiger partial charge >= 0.3 is 0 Å². The standard InChI is InChI=1S/C12H15ClN2O/c1-8-6-12(16)15(3)10-5-4-9(13)7-11(10)14(8)2/h4-5,7-8H,6H2,1-3H3/t8-/m0/s1. The van der Waals surface area contributed by atoms with Gasteiger partial charge in [0.15, 0.2) is 0 Å². The van der Waals surface area contributed by atoms with E-state index in [2.05, 4.69) is 4.90 Å². The third-order valence-electron chi connectivity index (χ3n) is 3.18. The number of rotatable bonds is 0. The maximum atomic E-state index is 11.9. The Labute approximate surface area is 101 Å². The van der Waals surface area contributed by atoms with Gasteiger partial charge < -0.3 is 9.80 Å². The Morgan fingerprint density at radius 3 is 2.69 bits per heavy atom. The van der Waals surface area contributed by atoms with Gasteiger partial charge in [-0.05, 0) is 25.1 Å². The van der Waals surface area contributed by atoms with E-state index < -0.39 is 0 Å². The molecule has 1 amide bonds. The van der Waals surface area contributed by atoms with E-state index in [1.165, 1.54) is 0 Å². The Balaban J connectivity index is 2.57. The van der Waals surface area contributed by atoms with Crippen molar-refractivity contribution in [2.24, 2.45) is 0 Å². The first-order valence-corrected chi connectivity index (χ1v) is 5.67. The number of anilines is 2. The van der Waals surface area contributed by atoms with Gasteiger partial charge in [-0.3, -0.25) is 4.79 Å². The van der Waals surface area contributed by atoms with Crippen LogP contribution in [-0.4, -0.2) is 26.0 Å². The third kappa shape index (κ3) is 1.76. The van der Waals surface area contributed by atoms with Crippen LogP contribution >= 0.6 is 11.6 Å². The van der Waals surface area contributed by atoms with Crippen molar-refractivity contribution in [1.29, 1.82) is 0 Å².